The van der Waals surface area contributed by atoms with Gasteiger partial charge < -0.3 is 14.6 Å². The highest BCUT2D eigenvalue weighted by atomic mass is 16.5. The molecule has 0 spiro atoms. The van der Waals surface area contributed by atoms with E-state index >= 15 is 0 Å². The highest BCUT2D eigenvalue weighted by Gasteiger charge is 2.25. The third-order valence-corrected chi connectivity index (χ3v) is 4.76. The van der Waals surface area contributed by atoms with E-state index in [1.54, 1.807) is 4.90 Å². The van der Waals surface area contributed by atoms with Crippen LogP contribution in [0.3, 0.4) is 0 Å². The van der Waals surface area contributed by atoms with Gasteiger partial charge in [-0.1, -0.05) is 36.4 Å². The topological polar surface area (TPSA) is 62.4 Å². The Balaban J connectivity index is 1.78. The highest BCUT2D eigenvalue weighted by Crippen LogP contribution is 2.24. The molecule has 1 aliphatic rings. The number of pyridine rings is 1. The number of nitrogens with zero attached hydrogens (tertiary/aromatic N) is 1. The Labute approximate surface area is 151 Å². The largest absolute Gasteiger partial charge is 0.381 e. The second-order valence-electron chi connectivity index (χ2n) is 6.57. The molecule has 1 atom stereocenters. The summed E-state index contributed by atoms with van der Waals surface area (Å²) in [5, 5.41) is 0.751. The minimum absolute atomic E-state index is 0.162. The van der Waals surface area contributed by atoms with Crippen molar-refractivity contribution < 1.29 is 9.53 Å². The van der Waals surface area contributed by atoms with Gasteiger partial charge in [-0.3, -0.25) is 9.59 Å². The molecule has 1 amide bonds. The van der Waals surface area contributed by atoms with Crippen LogP contribution in [0.1, 0.15) is 16.8 Å². The molecule has 1 saturated heterocycles. The number of benzene rings is 2. The van der Waals surface area contributed by atoms with Gasteiger partial charge in [0.25, 0.3) is 5.91 Å². The lowest BCUT2D eigenvalue weighted by Gasteiger charge is -2.26. The van der Waals surface area contributed by atoms with Gasteiger partial charge in [0.15, 0.2) is 0 Å². The van der Waals surface area contributed by atoms with Gasteiger partial charge in [-0.25, -0.2) is 0 Å². The number of aromatic nitrogens is 1. The molecule has 1 aliphatic heterocycles. The number of ether oxygens (including phenoxy) is 1. The van der Waals surface area contributed by atoms with Crippen molar-refractivity contribution in [1.82, 2.24) is 4.98 Å². The number of amides is 1. The Morgan fingerprint density at radius 3 is 2.65 bits per heavy atom. The van der Waals surface area contributed by atoms with Crippen molar-refractivity contribution in [1.29, 1.82) is 0 Å². The maximum Gasteiger partial charge on any atom is 0.259 e. The fraction of sp³-hybridized carbons (Fsp3) is 0.238. The molecule has 26 heavy (non-hydrogen) atoms. The number of nitrogens with one attached hydrogen (secondary N) is 1. The number of anilines is 1. The second kappa shape index (κ2) is 7.14. The Hall–Kier alpha value is -2.92. The number of H-pyrrole nitrogens is 1. The lowest BCUT2D eigenvalue weighted by atomic mass is 10.0. The van der Waals surface area contributed by atoms with Crippen LogP contribution in [0.15, 0.2) is 65.5 Å². The third-order valence-electron chi connectivity index (χ3n) is 4.76. The summed E-state index contributed by atoms with van der Waals surface area (Å²) in [6.45, 7) is 1.96. The van der Waals surface area contributed by atoms with Gasteiger partial charge in [0.2, 0.25) is 5.56 Å². The van der Waals surface area contributed by atoms with E-state index < -0.39 is 0 Å². The fourth-order valence-electron chi connectivity index (χ4n) is 3.43. The molecule has 0 radical (unpaired) electrons. The van der Waals surface area contributed by atoms with Crippen molar-refractivity contribution in [3.63, 3.8) is 0 Å². The van der Waals surface area contributed by atoms with Crippen LogP contribution in [0.25, 0.3) is 10.9 Å². The van der Waals surface area contributed by atoms with Crippen molar-refractivity contribution in [3.8, 4) is 0 Å². The zero-order chi connectivity index (χ0) is 17.9. The summed E-state index contributed by atoms with van der Waals surface area (Å²) < 4.78 is 5.48. The molecular weight excluding hydrogens is 328 g/mol. The first-order chi connectivity index (χ1) is 12.7. The number of aromatic amines is 1. The number of carbonyl (C=O) groups excluding carboxylic acids is 1. The molecule has 2 heterocycles. The molecule has 1 unspecified atom stereocenters. The van der Waals surface area contributed by atoms with Gasteiger partial charge in [-0.2, -0.15) is 0 Å². The molecule has 5 nitrogen and oxygen atoms in total. The Morgan fingerprint density at radius 2 is 1.88 bits per heavy atom. The van der Waals surface area contributed by atoms with Crippen LogP contribution in [0.5, 0.6) is 0 Å². The lowest BCUT2D eigenvalue weighted by molar-refractivity contribution is 0.0982. The van der Waals surface area contributed by atoms with Gasteiger partial charge in [0.05, 0.1) is 12.2 Å². The number of para-hydroxylation sites is 2. The molecule has 4 rings (SSSR count). The van der Waals surface area contributed by atoms with E-state index in [1.165, 1.54) is 6.07 Å². The second-order valence-corrected chi connectivity index (χ2v) is 6.57. The Kier molecular flexibility index (Phi) is 4.54. The average Bonchev–Trinajstić information content (AvgIpc) is 3.19. The molecule has 0 bridgehead atoms. The van der Waals surface area contributed by atoms with Gasteiger partial charge in [-0.15, -0.1) is 0 Å². The standard InChI is InChI=1S/C21H20N2O3/c24-20-12-18(17-8-4-5-9-19(17)22-20)21(25)23(13-15-10-11-26-14-15)16-6-2-1-3-7-16/h1-9,12,15H,10-11,13-14H2,(H,22,24). The predicted octanol–water partition coefficient (Wildman–Crippen LogP) is 3.21. The SMILES string of the molecule is O=C(c1cc(=O)[nH]c2ccccc12)N(CC1CCOC1)c1ccccc1. The summed E-state index contributed by atoms with van der Waals surface area (Å²) in [5.41, 5.74) is 1.64. The lowest BCUT2D eigenvalue weighted by Crippen LogP contribution is -2.36. The van der Waals surface area contributed by atoms with Gasteiger partial charge in [0, 0.05) is 41.7 Å². The van der Waals surface area contributed by atoms with E-state index in [1.807, 2.05) is 54.6 Å². The first-order valence-electron chi connectivity index (χ1n) is 8.79. The Morgan fingerprint density at radius 1 is 1.12 bits per heavy atom. The van der Waals surface area contributed by atoms with Gasteiger partial charge in [0.1, 0.15) is 0 Å². The molecule has 0 aliphatic carbocycles. The maximum absolute atomic E-state index is 13.4. The molecule has 3 aromatic rings. The van der Waals surface area contributed by atoms with E-state index in [9.17, 15) is 9.59 Å². The van der Waals surface area contributed by atoms with Crippen LogP contribution in [-0.4, -0.2) is 30.6 Å². The molecule has 132 valence electrons. The van der Waals surface area contributed by atoms with Crippen LogP contribution in [0, 0.1) is 5.92 Å². The van der Waals surface area contributed by atoms with Crippen molar-refractivity contribution in [2.45, 2.75) is 6.42 Å². The van der Waals surface area contributed by atoms with E-state index in [0.29, 0.717) is 30.1 Å². The minimum Gasteiger partial charge on any atom is -0.381 e. The summed E-state index contributed by atoms with van der Waals surface area (Å²) in [6.07, 6.45) is 0.937. The smallest absolute Gasteiger partial charge is 0.259 e. The number of hydrogen-bond donors (Lipinski definition) is 1. The van der Waals surface area contributed by atoms with E-state index in [0.717, 1.165) is 24.1 Å². The van der Waals surface area contributed by atoms with Crippen LogP contribution < -0.4 is 10.5 Å². The monoisotopic (exact) mass is 348 g/mol. The number of carbonyl (C=O) groups is 1. The molecule has 0 saturated carbocycles. The zero-order valence-electron chi connectivity index (χ0n) is 14.4. The average molecular weight is 348 g/mol. The first kappa shape index (κ1) is 16.5. The number of hydrogen-bond acceptors (Lipinski definition) is 3. The summed E-state index contributed by atoms with van der Waals surface area (Å²) in [4.78, 5) is 30.1. The third kappa shape index (κ3) is 3.26. The molecule has 5 heteroatoms. The molecule has 1 aromatic heterocycles. The molecule has 2 aromatic carbocycles. The molecule has 1 fully saturated rings. The maximum atomic E-state index is 13.4. The molecule has 1 N–H and O–H groups in total. The fourth-order valence-corrected chi connectivity index (χ4v) is 3.43. The summed E-state index contributed by atoms with van der Waals surface area (Å²) in [7, 11) is 0. The van der Waals surface area contributed by atoms with Crippen LogP contribution >= 0.6 is 0 Å². The van der Waals surface area contributed by atoms with E-state index in [2.05, 4.69) is 4.98 Å². The minimum atomic E-state index is -0.274. The molecular formula is C21H20N2O3. The van der Waals surface area contributed by atoms with Crippen LogP contribution in [-0.2, 0) is 4.74 Å². The van der Waals surface area contributed by atoms with E-state index in [4.69, 9.17) is 4.74 Å². The van der Waals surface area contributed by atoms with Gasteiger partial charge >= 0.3 is 0 Å². The summed E-state index contributed by atoms with van der Waals surface area (Å²) in [5.74, 6) is 0.137. The summed E-state index contributed by atoms with van der Waals surface area (Å²) >= 11 is 0. The van der Waals surface area contributed by atoms with Crippen molar-refractivity contribution in [2.75, 3.05) is 24.7 Å². The van der Waals surface area contributed by atoms with Crippen molar-refractivity contribution >= 4 is 22.5 Å². The predicted molar refractivity (Wildman–Crippen MR) is 102 cm³/mol. The quantitative estimate of drug-likeness (QED) is 0.787. The first-order valence-corrected chi connectivity index (χ1v) is 8.79. The normalized spacial score (nSPS) is 16.7. The number of rotatable bonds is 4. The highest BCUT2D eigenvalue weighted by molar-refractivity contribution is 6.13. The van der Waals surface area contributed by atoms with E-state index in [-0.39, 0.29) is 11.5 Å². The number of fused-ring (bicyclic) bond motifs is 1. The van der Waals surface area contributed by atoms with Crippen molar-refractivity contribution in [2.24, 2.45) is 5.92 Å². The van der Waals surface area contributed by atoms with Crippen LogP contribution in [0.4, 0.5) is 5.69 Å². The summed E-state index contributed by atoms with van der Waals surface area (Å²) in [6, 6.07) is 18.4. The van der Waals surface area contributed by atoms with Gasteiger partial charge in [-0.05, 0) is 24.6 Å². The van der Waals surface area contributed by atoms with Crippen molar-refractivity contribution in [3.05, 3.63) is 76.6 Å². The Bertz CT molecular complexity index is 975. The van der Waals surface area contributed by atoms with Crippen LogP contribution in [0.2, 0.25) is 0 Å². The zero-order valence-corrected chi connectivity index (χ0v) is 14.4.